The number of nitrogens with zero attached hydrogens (tertiary/aromatic N) is 3. The monoisotopic (exact) mass is 288 g/mol. The van der Waals surface area contributed by atoms with Crippen LogP contribution in [0.1, 0.15) is 55.4 Å². The second-order valence-corrected chi connectivity index (χ2v) is 6.92. The summed E-state index contributed by atoms with van der Waals surface area (Å²) < 4.78 is 2.07. The molecule has 2 fully saturated rings. The molecule has 1 N–H and O–H groups in total. The molecule has 0 bridgehead atoms. The molecule has 114 valence electrons. The predicted molar refractivity (Wildman–Crippen MR) is 81.4 cm³/mol. The Morgan fingerprint density at radius 1 is 1.10 bits per heavy atom. The van der Waals surface area contributed by atoms with Gasteiger partial charge in [0.1, 0.15) is 5.69 Å². The zero-order valence-electron chi connectivity index (χ0n) is 12.6. The largest absolute Gasteiger partial charge is 0.356 e. The summed E-state index contributed by atoms with van der Waals surface area (Å²) in [5, 5.41) is 3.26. The van der Waals surface area contributed by atoms with Gasteiger partial charge in [-0.1, -0.05) is 12.8 Å². The van der Waals surface area contributed by atoms with Gasteiger partial charge in [0.25, 0.3) is 5.91 Å². The third kappa shape index (κ3) is 2.32. The maximum atomic E-state index is 12.6. The Morgan fingerprint density at radius 2 is 1.86 bits per heavy atom. The topological polar surface area (TPSA) is 50.2 Å². The maximum Gasteiger partial charge on any atom is 0.274 e. The van der Waals surface area contributed by atoms with Crippen molar-refractivity contribution in [3.8, 4) is 0 Å². The third-order valence-corrected chi connectivity index (χ3v) is 5.63. The lowest BCUT2D eigenvalue weighted by molar-refractivity contribution is 0.0582. The van der Waals surface area contributed by atoms with Crippen LogP contribution in [0, 0.1) is 5.41 Å². The summed E-state index contributed by atoms with van der Waals surface area (Å²) in [6, 6.07) is 0. The molecule has 1 aliphatic carbocycles. The van der Waals surface area contributed by atoms with Crippen LogP contribution in [0.2, 0.25) is 0 Å². The zero-order chi connectivity index (χ0) is 14.3. The van der Waals surface area contributed by atoms with Crippen LogP contribution in [0.5, 0.6) is 0 Å². The third-order valence-electron chi connectivity index (χ3n) is 5.63. The smallest absolute Gasteiger partial charge is 0.274 e. The molecule has 1 saturated carbocycles. The van der Waals surface area contributed by atoms with Gasteiger partial charge in [-0.3, -0.25) is 4.79 Å². The van der Waals surface area contributed by atoms with E-state index in [2.05, 4.69) is 14.9 Å². The fourth-order valence-corrected chi connectivity index (χ4v) is 4.25. The summed E-state index contributed by atoms with van der Waals surface area (Å²) in [6.07, 6.45) is 10.9. The van der Waals surface area contributed by atoms with Crippen LogP contribution in [-0.2, 0) is 6.54 Å². The highest BCUT2D eigenvalue weighted by Gasteiger charge is 2.38. The lowest BCUT2D eigenvalue weighted by Crippen LogP contribution is -2.42. The van der Waals surface area contributed by atoms with Gasteiger partial charge in [0.05, 0.1) is 0 Å². The van der Waals surface area contributed by atoms with E-state index in [0.717, 1.165) is 38.5 Å². The lowest BCUT2D eigenvalue weighted by atomic mass is 9.77. The molecule has 1 spiro atoms. The van der Waals surface area contributed by atoms with Gasteiger partial charge in [0.15, 0.2) is 0 Å². The van der Waals surface area contributed by atoms with Gasteiger partial charge in [-0.05, 0) is 37.5 Å². The van der Waals surface area contributed by atoms with Crippen molar-refractivity contribution in [3.05, 3.63) is 11.9 Å². The van der Waals surface area contributed by atoms with E-state index in [9.17, 15) is 4.79 Å². The molecule has 0 atom stereocenters. The highest BCUT2D eigenvalue weighted by molar-refractivity contribution is 5.92. The minimum absolute atomic E-state index is 0.117. The number of carbonyl (C=O) groups is 1. The summed E-state index contributed by atoms with van der Waals surface area (Å²) in [5.41, 5.74) is 1.17. The van der Waals surface area contributed by atoms with Crippen LogP contribution in [0.4, 0.5) is 5.95 Å². The summed E-state index contributed by atoms with van der Waals surface area (Å²) in [6.45, 7) is 3.74. The van der Waals surface area contributed by atoms with Gasteiger partial charge in [-0.15, -0.1) is 0 Å². The number of nitrogens with one attached hydrogen (secondary N) is 1. The quantitative estimate of drug-likeness (QED) is 0.864. The molecular weight excluding hydrogens is 264 g/mol. The van der Waals surface area contributed by atoms with Crippen molar-refractivity contribution < 1.29 is 4.79 Å². The summed E-state index contributed by atoms with van der Waals surface area (Å²) in [7, 11) is 0. The minimum atomic E-state index is 0.117. The second-order valence-electron chi connectivity index (χ2n) is 6.92. The first-order valence-corrected chi connectivity index (χ1v) is 8.36. The molecular formula is C16H24N4O. The predicted octanol–water partition coefficient (Wildman–Crippen LogP) is 2.50. The molecule has 0 unspecified atom stereocenters. The first-order valence-electron chi connectivity index (χ1n) is 8.36. The number of aryl methyl sites for hydroxylation is 1. The second kappa shape index (κ2) is 5.04. The molecule has 1 aromatic rings. The number of aromatic nitrogens is 2. The number of piperidine rings is 1. The van der Waals surface area contributed by atoms with Crippen LogP contribution in [0.15, 0.2) is 6.20 Å². The van der Waals surface area contributed by atoms with Gasteiger partial charge in [-0.2, -0.15) is 0 Å². The lowest BCUT2D eigenvalue weighted by Gasteiger charge is -2.39. The highest BCUT2D eigenvalue weighted by Crippen LogP contribution is 2.46. The van der Waals surface area contributed by atoms with Crippen molar-refractivity contribution in [2.24, 2.45) is 5.41 Å². The van der Waals surface area contributed by atoms with Gasteiger partial charge in [0.2, 0.25) is 5.95 Å². The number of hydrogen-bond acceptors (Lipinski definition) is 3. The van der Waals surface area contributed by atoms with E-state index in [-0.39, 0.29) is 5.91 Å². The van der Waals surface area contributed by atoms with E-state index in [1.165, 1.54) is 38.5 Å². The molecule has 5 heteroatoms. The van der Waals surface area contributed by atoms with E-state index in [1.807, 2.05) is 11.1 Å². The molecule has 4 rings (SSSR count). The number of anilines is 1. The van der Waals surface area contributed by atoms with Gasteiger partial charge >= 0.3 is 0 Å². The maximum absolute atomic E-state index is 12.6. The van der Waals surface area contributed by atoms with Gasteiger partial charge < -0.3 is 14.8 Å². The average molecular weight is 288 g/mol. The molecule has 3 heterocycles. The summed E-state index contributed by atoms with van der Waals surface area (Å²) in [5.74, 6) is 0.973. The van der Waals surface area contributed by atoms with Crippen molar-refractivity contribution in [2.75, 3.05) is 25.0 Å². The summed E-state index contributed by atoms with van der Waals surface area (Å²) >= 11 is 0. The Labute approximate surface area is 125 Å². The highest BCUT2D eigenvalue weighted by atomic mass is 16.2. The molecule has 1 saturated heterocycles. The van der Waals surface area contributed by atoms with Crippen molar-refractivity contribution in [3.63, 3.8) is 0 Å². The molecule has 1 aromatic heterocycles. The van der Waals surface area contributed by atoms with E-state index < -0.39 is 0 Å². The normalized spacial score (nSPS) is 23.9. The van der Waals surface area contributed by atoms with Crippen LogP contribution in [-0.4, -0.2) is 40.0 Å². The van der Waals surface area contributed by atoms with E-state index >= 15 is 0 Å². The fourth-order valence-electron chi connectivity index (χ4n) is 4.25. The summed E-state index contributed by atoms with van der Waals surface area (Å²) in [4.78, 5) is 19.1. The Morgan fingerprint density at radius 3 is 2.57 bits per heavy atom. The standard InChI is InChI=1S/C16H24N4O/c21-14(13-12-20-9-3-8-17-15(20)18-13)19-10-6-16(7-11-19)4-1-2-5-16/h12H,1-11H2,(H,17,18). The molecule has 2 aliphatic heterocycles. The molecule has 1 amide bonds. The number of likely N-dealkylation sites (tertiary alicyclic amines) is 1. The van der Waals surface area contributed by atoms with Crippen molar-refractivity contribution >= 4 is 11.9 Å². The number of hydrogen-bond donors (Lipinski definition) is 1. The van der Waals surface area contributed by atoms with Crippen LogP contribution >= 0.6 is 0 Å². The number of fused-ring (bicyclic) bond motifs is 1. The Balaban J connectivity index is 1.44. The molecule has 3 aliphatic rings. The van der Waals surface area contributed by atoms with Gasteiger partial charge in [-0.25, -0.2) is 4.98 Å². The van der Waals surface area contributed by atoms with E-state index in [4.69, 9.17) is 0 Å². The fraction of sp³-hybridized carbons (Fsp3) is 0.750. The molecule has 21 heavy (non-hydrogen) atoms. The average Bonchev–Trinajstić information content (AvgIpc) is 3.14. The van der Waals surface area contributed by atoms with Crippen molar-refractivity contribution in [1.82, 2.24) is 14.5 Å². The molecule has 0 aromatic carbocycles. The minimum Gasteiger partial charge on any atom is -0.356 e. The molecule has 5 nitrogen and oxygen atoms in total. The van der Waals surface area contributed by atoms with Crippen molar-refractivity contribution in [1.29, 1.82) is 0 Å². The van der Waals surface area contributed by atoms with Crippen LogP contribution in [0.25, 0.3) is 0 Å². The molecule has 0 radical (unpaired) electrons. The Bertz CT molecular complexity index is 511. The number of carbonyl (C=O) groups excluding carboxylic acids is 1. The van der Waals surface area contributed by atoms with Gasteiger partial charge in [0, 0.05) is 32.4 Å². The SMILES string of the molecule is O=C(c1cn2c(n1)NCCC2)N1CCC2(CCCC2)CC1. The Kier molecular flexibility index (Phi) is 3.16. The first kappa shape index (κ1) is 13.2. The Hall–Kier alpha value is -1.52. The zero-order valence-corrected chi connectivity index (χ0v) is 12.6. The van der Waals surface area contributed by atoms with E-state index in [1.54, 1.807) is 0 Å². The van der Waals surface area contributed by atoms with E-state index in [0.29, 0.717) is 11.1 Å². The number of imidazole rings is 1. The van der Waals surface area contributed by atoms with Crippen LogP contribution in [0.3, 0.4) is 0 Å². The number of amides is 1. The van der Waals surface area contributed by atoms with Crippen LogP contribution < -0.4 is 5.32 Å². The first-order chi connectivity index (χ1) is 10.3. The number of rotatable bonds is 1. The van der Waals surface area contributed by atoms with Crippen molar-refractivity contribution in [2.45, 2.75) is 51.5 Å².